The Morgan fingerprint density at radius 3 is 2.46 bits per heavy atom. The molecule has 1 aromatic heterocycles. The number of aliphatic hydroxyl groups excluding tert-OH is 1. The van der Waals surface area contributed by atoms with Crippen molar-refractivity contribution < 1.29 is 19.4 Å². The fraction of sp³-hybridized carbons (Fsp3) is 0.179. The van der Waals surface area contributed by atoms with Gasteiger partial charge in [0.15, 0.2) is 5.13 Å². The summed E-state index contributed by atoms with van der Waals surface area (Å²) in [5.74, 6) is -0.979. The summed E-state index contributed by atoms with van der Waals surface area (Å²) in [6.07, 6.45) is 0. The van der Waals surface area contributed by atoms with Gasteiger partial charge in [-0.2, -0.15) is 0 Å². The van der Waals surface area contributed by atoms with E-state index in [4.69, 9.17) is 9.72 Å². The van der Waals surface area contributed by atoms with Crippen LogP contribution in [0.4, 0.5) is 5.13 Å². The molecule has 1 aliphatic heterocycles. The molecule has 1 aliphatic rings. The fourth-order valence-corrected chi connectivity index (χ4v) is 5.64. The normalized spacial score (nSPS) is 17.3. The summed E-state index contributed by atoms with van der Waals surface area (Å²) < 4.78 is 6.50. The Hall–Kier alpha value is -3.97. The van der Waals surface area contributed by atoms with Crippen LogP contribution in [0.5, 0.6) is 5.75 Å². The lowest BCUT2D eigenvalue weighted by Gasteiger charge is -2.23. The van der Waals surface area contributed by atoms with E-state index < -0.39 is 17.7 Å². The van der Waals surface area contributed by atoms with Gasteiger partial charge in [0.25, 0.3) is 5.78 Å². The molecule has 0 saturated carbocycles. The van der Waals surface area contributed by atoms with Gasteiger partial charge in [-0.05, 0) is 55.7 Å². The zero-order valence-corrected chi connectivity index (χ0v) is 20.4. The molecule has 0 bridgehead atoms. The smallest absolute Gasteiger partial charge is 0.301 e. The van der Waals surface area contributed by atoms with E-state index in [1.165, 1.54) is 16.2 Å². The largest absolute Gasteiger partial charge is 0.507 e. The first kappa shape index (κ1) is 22.8. The molecule has 3 aromatic carbocycles. The molecule has 2 heterocycles. The molecular formula is C28H24N2O4S. The quantitative estimate of drug-likeness (QED) is 0.215. The van der Waals surface area contributed by atoms with Crippen LogP contribution < -0.4 is 9.64 Å². The Balaban J connectivity index is 1.71. The molecule has 1 N–H and O–H groups in total. The third-order valence-electron chi connectivity index (χ3n) is 6.02. The molecule has 1 amide bonds. The summed E-state index contributed by atoms with van der Waals surface area (Å²) in [6.45, 7) is 6.42. The predicted octanol–water partition coefficient (Wildman–Crippen LogP) is 5.94. The van der Waals surface area contributed by atoms with Crippen LogP contribution in [0.3, 0.4) is 0 Å². The number of rotatable bonds is 5. The van der Waals surface area contributed by atoms with Gasteiger partial charge in [-0.3, -0.25) is 14.5 Å². The molecule has 0 aliphatic carbocycles. The number of anilines is 1. The summed E-state index contributed by atoms with van der Waals surface area (Å²) in [4.78, 5) is 32.9. The number of carbonyl (C=O) groups is 2. The van der Waals surface area contributed by atoms with Gasteiger partial charge in [0.2, 0.25) is 0 Å². The van der Waals surface area contributed by atoms with Crippen molar-refractivity contribution in [2.75, 3.05) is 11.5 Å². The fourth-order valence-electron chi connectivity index (χ4n) is 4.47. The highest BCUT2D eigenvalue weighted by molar-refractivity contribution is 7.22. The molecule has 0 spiro atoms. The van der Waals surface area contributed by atoms with Crippen molar-refractivity contribution in [1.82, 2.24) is 4.98 Å². The molecule has 1 fully saturated rings. The maximum Gasteiger partial charge on any atom is 0.301 e. The van der Waals surface area contributed by atoms with E-state index in [1.54, 1.807) is 36.4 Å². The molecule has 1 unspecified atom stereocenters. The molecule has 1 atom stereocenters. The van der Waals surface area contributed by atoms with E-state index in [0.717, 1.165) is 21.3 Å². The average Bonchev–Trinajstić information content (AvgIpc) is 3.39. The highest BCUT2D eigenvalue weighted by Gasteiger charge is 2.48. The van der Waals surface area contributed by atoms with E-state index in [1.807, 2.05) is 51.1 Å². The number of fused-ring (bicyclic) bond motifs is 1. The second-order valence-corrected chi connectivity index (χ2v) is 9.47. The van der Waals surface area contributed by atoms with E-state index in [-0.39, 0.29) is 11.3 Å². The van der Waals surface area contributed by atoms with Crippen LogP contribution in [0.1, 0.15) is 35.2 Å². The number of aryl methyl sites for hydroxylation is 2. The highest BCUT2D eigenvalue weighted by atomic mass is 32.1. The van der Waals surface area contributed by atoms with E-state index in [2.05, 4.69) is 0 Å². The van der Waals surface area contributed by atoms with Crippen LogP contribution in [-0.4, -0.2) is 28.4 Å². The molecule has 176 valence electrons. The van der Waals surface area contributed by atoms with Gasteiger partial charge in [0, 0.05) is 5.56 Å². The first-order chi connectivity index (χ1) is 16.9. The summed E-state index contributed by atoms with van der Waals surface area (Å²) in [7, 11) is 0. The second-order valence-electron chi connectivity index (χ2n) is 8.46. The lowest BCUT2D eigenvalue weighted by atomic mass is 9.95. The number of hydrogen-bond acceptors (Lipinski definition) is 6. The number of ketones is 1. The van der Waals surface area contributed by atoms with Crippen LogP contribution >= 0.6 is 11.3 Å². The van der Waals surface area contributed by atoms with Crippen molar-refractivity contribution in [3.63, 3.8) is 0 Å². The lowest BCUT2D eigenvalue weighted by Crippen LogP contribution is -2.29. The molecule has 5 rings (SSSR count). The van der Waals surface area contributed by atoms with E-state index in [9.17, 15) is 14.7 Å². The molecule has 0 radical (unpaired) electrons. The molecule has 7 heteroatoms. The van der Waals surface area contributed by atoms with Crippen molar-refractivity contribution in [1.29, 1.82) is 0 Å². The number of carbonyl (C=O) groups excluding carboxylic acids is 2. The highest BCUT2D eigenvalue weighted by Crippen LogP contribution is 2.45. The average molecular weight is 485 g/mol. The van der Waals surface area contributed by atoms with E-state index >= 15 is 0 Å². The molecule has 4 aromatic rings. The number of aromatic nitrogens is 1. The second kappa shape index (κ2) is 9.00. The summed E-state index contributed by atoms with van der Waals surface area (Å²) in [5, 5.41) is 11.6. The van der Waals surface area contributed by atoms with Gasteiger partial charge in [0.1, 0.15) is 11.5 Å². The Labute approximate surface area is 207 Å². The van der Waals surface area contributed by atoms with Gasteiger partial charge in [-0.25, -0.2) is 4.98 Å². The minimum Gasteiger partial charge on any atom is -0.507 e. The monoisotopic (exact) mass is 484 g/mol. The lowest BCUT2D eigenvalue weighted by molar-refractivity contribution is -0.132. The van der Waals surface area contributed by atoms with Gasteiger partial charge >= 0.3 is 5.91 Å². The minimum atomic E-state index is -0.826. The third-order valence-corrected chi connectivity index (χ3v) is 7.02. The van der Waals surface area contributed by atoms with Crippen LogP contribution in [0.15, 0.2) is 72.3 Å². The number of Topliss-reactive ketones (excluding diaryl/α,β-unsaturated/α-hetero) is 1. The Morgan fingerprint density at radius 2 is 1.77 bits per heavy atom. The number of amides is 1. The molecule has 6 nitrogen and oxygen atoms in total. The topological polar surface area (TPSA) is 79.7 Å². The number of ether oxygens (including phenoxy) is 1. The van der Waals surface area contributed by atoms with Crippen molar-refractivity contribution >= 4 is 44.1 Å². The molecule has 1 saturated heterocycles. The summed E-state index contributed by atoms with van der Waals surface area (Å²) >= 11 is 1.36. The van der Waals surface area contributed by atoms with Gasteiger partial charge in [0.05, 0.1) is 28.4 Å². The minimum absolute atomic E-state index is 0.0394. The third kappa shape index (κ3) is 3.98. The van der Waals surface area contributed by atoms with E-state index in [0.29, 0.717) is 28.6 Å². The standard InChI is InChI=1S/C28H24N2O4S/c1-4-34-20-12-10-18(11-13-20)24-22(25(31)19-8-6-5-7-9-19)26(32)27(33)30(24)28-29-23-17(3)14-16(2)15-21(23)35-28/h5-15,24,31H,4H2,1-3H3. The maximum atomic E-state index is 13.4. The molecular weight excluding hydrogens is 460 g/mol. The Morgan fingerprint density at radius 1 is 1.06 bits per heavy atom. The zero-order chi connectivity index (χ0) is 24.7. The summed E-state index contributed by atoms with van der Waals surface area (Å²) in [6, 6.07) is 19.3. The molecule has 35 heavy (non-hydrogen) atoms. The first-order valence-corrected chi connectivity index (χ1v) is 12.2. The van der Waals surface area contributed by atoms with Crippen molar-refractivity contribution in [3.05, 3.63) is 94.6 Å². The number of nitrogens with zero attached hydrogens (tertiary/aromatic N) is 2. The van der Waals surface area contributed by atoms with Crippen LogP contribution in [0.25, 0.3) is 16.0 Å². The SMILES string of the molecule is CCOc1ccc(C2C(=C(O)c3ccccc3)C(=O)C(=O)N2c2nc3c(C)cc(C)cc3s2)cc1. The van der Waals surface area contributed by atoms with Crippen LogP contribution in [0, 0.1) is 13.8 Å². The Kier molecular flexibility index (Phi) is 5.86. The van der Waals surface area contributed by atoms with Crippen LogP contribution in [-0.2, 0) is 9.59 Å². The Bertz CT molecular complexity index is 1470. The number of aliphatic hydroxyl groups is 1. The number of thiazole rings is 1. The number of hydrogen-bond donors (Lipinski definition) is 1. The first-order valence-electron chi connectivity index (χ1n) is 11.4. The predicted molar refractivity (Wildman–Crippen MR) is 138 cm³/mol. The van der Waals surface area contributed by atoms with Gasteiger partial charge in [-0.15, -0.1) is 0 Å². The summed E-state index contributed by atoms with van der Waals surface area (Å²) in [5.41, 5.74) is 4.08. The van der Waals surface area contributed by atoms with Crippen molar-refractivity contribution in [2.45, 2.75) is 26.8 Å². The maximum absolute atomic E-state index is 13.4. The van der Waals surface area contributed by atoms with Gasteiger partial charge < -0.3 is 9.84 Å². The van der Waals surface area contributed by atoms with Crippen LogP contribution in [0.2, 0.25) is 0 Å². The van der Waals surface area contributed by atoms with Crippen molar-refractivity contribution in [3.8, 4) is 5.75 Å². The zero-order valence-electron chi connectivity index (χ0n) is 19.6. The van der Waals surface area contributed by atoms with Crippen molar-refractivity contribution in [2.24, 2.45) is 0 Å². The van der Waals surface area contributed by atoms with Gasteiger partial charge in [-0.1, -0.05) is 59.9 Å². The number of benzene rings is 3.